The van der Waals surface area contributed by atoms with Crippen LogP contribution < -0.4 is 10.2 Å². The molecular formula is C28H29FN2O4S. The summed E-state index contributed by atoms with van der Waals surface area (Å²) in [6.45, 7) is 0. The Labute approximate surface area is 214 Å². The van der Waals surface area contributed by atoms with Crippen LogP contribution in [0.5, 0.6) is 0 Å². The minimum absolute atomic E-state index is 0.0322. The van der Waals surface area contributed by atoms with Crippen LogP contribution in [-0.4, -0.2) is 30.9 Å². The quantitative estimate of drug-likeness (QED) is 0.411. The first-order valence-corrected chi connectivity index (χ1v) is 13.0. The lowest BCUT2D eigenvalue weighted by Gasteiger charge is -2.33. The van der Waals surface area contributed by atoms with Gasteiger partial charge in [0.25, 0.3) is 0 Å². The molecule has 0 unspecified atom stereocenters. The average molecular weight is 509 g/mol. The van der Waals surface area contributed by atoms with E-state index in [9.17, 15) is 18.8 Å². The van der Waals surface area contributed by atoms with Gasteiger partial charge in [-0.05, 0) is 77.2 Å². The Morgan fingerprint density at radius 1 is 1.03 bits per heavy atom. The van der Waals surface area contributed by atoms with E-state index in [1.54, 1.807) is 24.3 Å². The number of rotatable bonds is 8. The molecule has 2 amide bonds. The van der Waals surface area contributed by atoms with Gasteiger partial charge < -0.3 is 10.1 Å². The van der Waals surface area contributed by atoms with Gasteiger partial charge in [0.15, 0.2) is 0 Å². The topological polar surface area (TPSA) is 75.7 Å². The van der Waals surface area contributed by atoms with Gasteiger partial charge in [-0.25, -0.2) is 9.18 Å². The number of methoxy groups -OCH3 is 1. The van der Waals surface area contributed by atoms with Crippen LogP contribution in [0.25, 0.3) is 0 Å². The molecule has 2 aromatic carbocycles. The summed E-state index contributed by atoms with van der Waals surface area (Å²) < 4.78 is 18.6. The molecule has 0 saturated heterocycles. The Kier molecular flexibility index (Phi) is 8.48. The van der Waals surface area contributed by atoms with Crippen LogP contribution in [-0.2, 0) is 20.7 Å². The highest BCUT2D eigenvalue weighted by atomic mass is 32.1. The number of hydrogen-bond donors (Lipinski definition) is 1. The predicted octanol–water partition coefficient (Wildman–Crippen LogP) is 5.44. The third kappa shape index (κ3) is 6.18. The molecule has 1 aliphatic rings. The summed E-state index contributed by atoms with van der Waals surface area (Å²) in [6.07, 6.45) is 5.10. The molecule has 1 heterocycles. The molecule has 1 fully saturated rings. The van der Waals surface area contributed by atoms with Crippen LogP contribution in [0.1, 0.15) is 59.6 Å². The van der Waals surface area contributed by atoms with Gasteiger partial charge in [0.1, 0.15) is 11.9 Å². The largest absolute Gasteiger partial charge is 0.465 e. The molecule has 0 radical (unpaired) electrons. The van der Waals surface area contributed by atoms with E-state index in [4.69, 9.17) is 4.74 Å². The first kappa shape index (κ1) is 25.6. The van der Waals surface area contributed by atoms with Gasteiger partial charge in [0.2, 0.25) is 11.8 Å². The van der Waals surface area contributed by atoms with Crippen LogP contribution in [0.4, 0.5) is 10.1 Å². The summed E-state index contributed by atoms with van der Waals surface area (Å²) in [6, 6.07) is 12.9. The number of thiophene rings is 1. The van der Waals surface area contributed by atoms with E-state index < -0.39 is 17.8 Å². The number of anilines is 1. The summed E-state index contributed by atoms with van der Waals surface area (Å²) in [7, 11) is 1.30. The van der Waals surface area contributed by atoms with Gasteiger partial charge in [-0.15, -0.1) is 0 Å². The van der Waals surface area contributed by atoms with E-state index in [1.165, 1.54) is 47.6 Å². The van der Waals surface area contributed by atoms with Crippen LogP contribution in [0.2, 0.25) is 0 Å². The summed E-state index contributed by atoms with van der Waals surface area (Å²) in [5.41, 5.74) is 2.12. The SMILES string of the molecule is COC(=O)c1ccc(N(C(=O)Cc2ccsc2)[C@@H](C(=O)NC2CCCCC2)c2ccc(F)cc2)cc1. The molecule has 1 saturated carbocycles. The fourth-order valence-corrected chi connectivity index (χ4v) is 5.22. The maximum absolute atomic E-state index is 13.8. The van der Waals surface area contributed by atoms with Crippen molar-refractivity contribution in [2.24, 2.45) is 0 Å². The van der Waals surface area contributed by atoms with Crippen LogP contribution in [0, 0.1) is 5.82 Å². The molecule has 0 spiro atoms. The van der Waals surface area contributed by atoms with Crippen LogP contribution in [0.15, 0.2) is 65.4 Å². The molecule has 1 N–H and O–H groups in total. The Morgan fingerprint density at radius 2 is 1.72 bits per heavy atom. The molecule has 8 heteroatoms. The zero-order chi connectivity index (χ0) is 25.5. The summed E-state index contributed by atoms with van der Waals surface area (Å²) >= 11 is 1.49. The number of nitrogens with one attached hydrogen (secondary N) is 1. The maximum Gasteiger partial charge on any atom is 0.337 e. The van der Waals surface area contributed by atoms with E-state index in [-0.39, 0.29) is 24.3 Å². The molecule has 0 aliphatic heterocycles. The monoisotopic (exact) mass is 508 g/mol. The second-order valence-corrected chi connectivity index (χ2v) is 9.69. The molecule has 1 aromatic heterocycles. The number of carbonyl (C=O) groups excluding carboxylic acids is 3. The van der Waals surface area contributed by atoms with Gasteiger partial charge in [0, 0.05) is 11.7 Å². The van der Waals surface area contributed by atoms with Crippen molar-refractivity contribution in [1.82, 2.24) is 5.32 Å². The molecule has 1 atom stereocenters. The Hall–Kier alpha value is -3.52. The highest BCUT2D eigenvalue weighted by Crippen LogP contribution is 2.31. The highest BCUT2D eigenvalue weighted by Gasteiger charge is 2.34. The van der Waals surface area contributed by atoms with E-state index in [0.29, 0.717) is 16.8 Å². The summed E-state index contributed by atoms with van der Waals surface area (Å²) in [5, 5.41) is 6.92. The molecule has 1 aliphatic carbocycles. The van der Waals surface area contributed by atoms with Crippen molar-refractivity contribution in [2.75, 3.05) is 12.0 Å². The molecule has 188 valence electrons. The van der Waals surface area contributed by atoms with E-state index >= 15 is 0 Å². The van der Waals surface area contributed by atoms with Gasteiger partial charge in [-0.3, -0.25) is 14.5 Å². The van der Waals surface area contributed by atoms with Crippen molar-refractivity contribution in [3.63, 3.8) is 0 Å². The molecule has 4 rings (SSSR count). The van der Waals surface area contributed by atoms with E-state index in [1.807, 2.05) is 16.8 Å². The van der Waals surface area contributed by atoms with Crippen molar-refractivity contribution in [1.29, 1.82) is 0 Å². The third-order valence-corrected chi connectivity index (χ3v) is 7.15. The number of ether oxygens (including phenoxy) is 1. The Bertz CT molecular complexity index is 1170. The number of esters is 1. The Balaban J connectivity index is 1.75. The number of benzene rings is 2. The molecule has 36 heavy (non-hydrogen) atoms. The van der Waals surface area contributed by atoms with E-state index in [0.717, 1.165) is 37.7 Å². The number of amides is 2. The van der Waals surface area contributed by atoms with Crippen LogP contribution >= 0.6 is 11.3 Å². The maximum atomic E-state index is 13.8. The number of nitrogens with zero attached hydrogens (tertiary/aromatic N) is 1. The van der Waals surface area contributed by atoms with Crippen molar-refractivity contribution >= 4 is 34.8 Å². The number of halogens is 1. The molecule has 6 nitrogen and oxygen atoms in total. The molecular weight excluding hydrogens is 479 g/mol. The highest BCUT2D eigenvalue weighted by molar-refractivity contribution is 7.08. The smallest absolute Gasteiger partial charge is 0.337 e. The Morgan fingerprint density at radius 3 is 2.33 bits per heavy atom. The molecule has 3 aromatic rings. The van der Waals surface area contributed by atoms with Crippen molar-refractivity contribution in [3.8, 4) is 0 Å². The van der Waals surface area contributed by atoms with Gasteiger partial charge >= 0.3 is 5.97 Å². The zero-order valence-electron chi connectivity index (χ0n) is 20.1. The van der Waals surface area contributed by atoms with Crippen LogP contribution in [0.3, 0.4) is 0 Å². The number of carbonyl (C=O) groups is 3. The van der Waals surface area contributed by atoms with Crippen molar-refractivity contribution < 1.29 is 23.5 Å². The summed E-state index contributed by atoms with van der Waals surface area (Å²) in [4.78, 5) is 40.9. The zero-order valence-corrected chi connectivity index (χ0v) is 20.9. The van der Waals surface area contributed by atoms with Gasteiger partial charge in [0.05, 0.1) is 19.1 Å². The van der Waals surface area contributed by atoms with E-state index in [2.05, 4.69) is 5.32 Å². The van der Waals surface area contributed by atoms with Gasteiger partial charge in [-0.2, -0.15) is 11.3 Å². The van der Waals surface area contributed by atoms with Gasteiger partial charge in [-0.1, -0.05) is 31.4 Å². The fourth-order valence-electron chi connectivity index (χ4n) is 4.56. The average Bonchev–Trinajstić information content (AvgIpc) is 3.41. The lowest BCUT2D eigenvalue weighted by Crippen LogP contribution is -2.47. The third-order valence-electron chi connectivity index (χ3n) is 6.41. The lowest BCUT2D eigenvalue weighted by atomic mass is 9.94. The fraction of sp³-hybridized carbons (Fsp3) is 0.321. The second kappa shape index (κ2) is 11.9. The molecule has 0 bridgehead atoms. The second-order valence-electron chi connectivity index (χ2n) is 8.91. The van der Waals surface area contributed by atoms with Crippen molar-refractivity contribution in [2.45, 2.75) is 50.6 Å². The minimum Gasteiger partial charge on any atom is -0.465 e. The normalized spacial score (nSPS) is 14.6. The minimum atomic E-state index is -1.01. The summed E-state index contributed by atoms with van der Waals surface area (Å²) in [5.74, 6) is -1.52. The predicted molar refractivity (Wildman–Crippen MR) is 137 cm³/mol. The lowest BCUT2D eigenvalue weighted by molar-refractivity contribution is -0.127. The number of hydrogen-bond acceptors (Lipinski definition) is 5. The van der Waals surface area contributed by atoms with Crippen molar-refractivity contribution in [3.05, 3.63) is 87.9 Å². The first-order chi connectivity index (χ1) is 17.5. The first-order valence-electron chi connectivity index (χ1n) is 12.0. The standard InChI is InChI=1S/C28H29FN2O4S/c1-35-28(34)21-9-13-24(14-10-21)31(25(32)17-19-15-16-36-18-19)26(20-7-11-22(29)12-8-20)27(33)30-23-5-3-2-4-6-23/h7-16,18,23,26H,2-6,17H2,1H3,(H,30,33)/t26-/m1/s1.